The van der Waals surface area contributed by atoms with Crippen LogP contribution in [0.1, 0.15) is 32.1 Å². The summed E-state index contributed by atoms with van der Waals surface area (Å²) in [5.74, 6) is 0.825. The molecule has 13 nitrogen and oxygen atoms in total. The molecule has 36 heavy (non-hydrogen) atoms. The summed E-state index contributed by atoms with van der Waals surface area (Å²) in [6, 6.07) is 0.256. The molecule has 2 aliphatic rings. The molecule has 4 heterocycles. The van der Waals surface area contributed by atoms with Gasteiger partial charge in [0.15, 0.2) is 11.2 Å². The van der Waals surface area contributed by atoms with E-state index in [-0.39, 0.29) is 46.9 Å². The molecule has 0 bridgehead atoms. The number of amides is 3. The number of aromatic nitrogens is 4. The molecule has 4 rings (SSSR count). The Kier molecular flexibility index (Phi) is 7.50. The minimum absolute atomic E-state index is 0.0121. The minimum Gasteiger partial charge on any atom is -0.356 e. The molecule has 2 unspecified atom stereocenters. The second-order valence-electron chi connectivity index (χ2n) is 9.27. The van der Waals surface area contributed by atoms with Crippen molar-refractivity contribution in [3.05, 3.63) is 20.8 Å². The highest BCUT2D eigenvalue weighted by Gasteiger charge is 2.42. The zero-order chi connectivity index (χ0) is 26.2. The lowest BCUT2D eigenvalue weighted by molar-refractivity contribution is -0.121. The third-order valence-electron chi connectivity index (χ3n) is 6.61. The zero-order valence-corrected chi connectivity index (χ0v) is 22.1. The van der Waals surface area contributed by atoms with Crippen LogP contribution in [0.25, 0.3) is 11.2 Å². The van der Waals surface area contributed by atoms with Gasteiger partial charge in [0.2, 0.25) is 20.9 Å². The highest BCUT2D eigenvalue weighted by molar-refractivity contribution is 8.00. The smallest absolute Gasteiger partial charge is 0.332 e. The molecular weight excluding hydrogens is 510 g/mol. The van der Waals surface area contributed by atoms with Crippen LogP contribution >= 0.6 is 11.8 Å². The monoisotopic (exact) mass is 541 g/mol. The van der Waals surface area contributed by atoms with Crippen molar-refractivity contribution in [1.82, 2.24) is 34.6 Å². The molecule has 2 aliphatic heterocycles. The van der Waals surface area contributed by atoms with Crippen molar-refractivity contribution >= 4 is 44.7 Å². The van der Waals surface area contributed by atoms with Crippen molar-refractivity contribution < 1.29 is 18.0 Å². The van der Waals surface area contributed by atoms with Crippen LogP contribution in [0, 0.1) is 0 Å². The molecule has 198 valence electrons. The fourth-order valence-corrected chi connectivity index (χ4v) is 7.15. The second-order valence-corrected chi connectivity index (χ2v) is 12.4. The van der Waals surface area contributed by atoms with E-state index in [1.165, 1.54) is 23.2 Å². The number of hydrogen-bond acceptors (Lipinski definition) is 8. The van der Waals surface area contributed by atoms with Gasteiger partial charge in [-0.1, -0.05) is 6.42 Å². The van der Waals surface area contributed by atoms with E-state index in [4.69, 9.17) is 0 Å². The maximum absolute atomic E-state index is 12.7. The topological polar surface area (TPSA) is 166 Å². The average molecular weight is 542 g/mol. The number of rotatable bonds is 10. The largest absolute Gasteiger partial charge is 0.356 e. The number of urea groups is 1. The molecule has 2 aromatic rings. The molecule has 2 fully saturated rings. The first-order chi connectivity index (χ1) is 17.0. The van der Waals surface area contributed by atoms with Gasteiger partial charge in [-0.2, -0.15) is 16.7 Å². The number of aryl methyl sites for hydroxylation is 2. The lowest BCUT2D eigenvalue weighted by Crippen LogP contribution is -2.39. The van der Waals surface area contributed by atoms with Crippen LogP contribution in [0.15, 0.2) is 14.7 Å². The number of carbonyl (C=O) groups excluding carboxylic acids is 2. The maximum atomic E-state index is 12.7. The summed E-state index contributed by atoms with van der Waals surface area (Å²) < 4.78 is 27.5. The van der Waals surface area contributed by atoms with E-state index in [0.717, 1.165) is 35.8 Å². The number of nitrogens with zero attached hydrogens (tertiary/aromatic N) is 4. The van der Waals surface area contributed by atoms with Gasteiger partial charge in [0, 0.05) is 50.9 Å². The van der Waals surface area contributed by atoms with E-state index < -0.39 is 21.1 Å². The first kappa shape index (κ1) is 26.3. The summed E-state index contributed by atoms with van der Waals surface area (Å²) >= 11 is 1.85. The number of imidazole rings is 1. The van der Waals surface area contributed by atoms with Crippen molar-refractivity contribution in [3.63, 3.8) is 0 Å². The number of carbonyl (C=O) groups is 2. The van der Waals surface area contributed by atoms with Crippen LogP contribution in [0.2, 0.25) is 0 Å². The van der Waals surface area contributed by atoms with E-state index in [0.29, 0.717) is 24.6 Å². The summed E-state index contributed by atoms with van der Waals surface area (Å²) in [6.07, 6.45) is 4.34. The van der Waals surface area contributed by atoms with Crippen molar-refractivity contribution in [2.45, 2.75) is 61.1 Å². The third kappa shape index (κ3) is 5.16. The van der Waals surface area contributed by atoms with Crippen LogP contribution in [0.4, 0.5) is 4.79 Å². The predicted octanol–water partition coefficient (Wildman–Crippen LogP) is -0.931. The standard InChI is InChI=1S/C21H31N7O6S2/c1-26-16-17(25-20(26)36(3,33)34)28(21(32)27(2)18(16)30)10-6-9-22-14(29)8-5-4-7-13-15-12(11-35-13)23-19(31)24-15/h12-13,15H,4-11H2,1-3H3,(H,22,29)(H2,23,24,31)/t12?,13-,15?/m0/s1. The lowest BCUT2D eigenvalue weighted by Gasteiger charge is -2.16. The van der Waals surface area contributed by atoms with Gasteiger partial charge in [-0.3, -0.25) is 18.7 Å². The summed E-state index contributed by atoms with van der Waals surface area (Å²) in [5.41, 5.74) is -1.18. The van der Waals surface area contributed by atoms with Gasteiger partial charge in [-0.15, -0.1) is 0 Å². The highest BCUT2D eigenvalue weighted by Crippen LogP contribution is 2.33. The Labute approximate surface area is 211 Å². The van der Waals surface area contributed by atoms with Gasteiger partial charge in [0.25, 0.3) is 5.56 Å². The van der Waals surface area contributed by atoms with Gasteiger partial charge in [0.1, 0.15) is 0 Å². The molecule has 3 amide bonds. The SMILES string of the molecule is Cn1c(=O)c2c(nc(S(C)(=O)=O)n2C)n(CCCNC(=O)CCCC[C@@H]2SCC3NC(=O)NC32)c1=O. The minimum atomic E-state index is -3.71. The van der Waals surface area contributed by atoms with Gasteiger partial charge < -0.3 is 20.5 Å². The van der Waals surface area contributed by atoms with Crippen molar-refractivity contribution in [1.29, 1.82) is 0 Å². The van der Waals surface area contributed by atoms with Gasteiger partial charge in [-0.05, 0) is 19.3 Å². The predicted molar refractivity (Wildman–Crippen MR) is 135 cm³/mol. The Morgan fingerprint density at radius 3 is 2.61 bits per heavy atom. The van der Waals surface area contributed by atoms with E-state index in [2.05, 4.69) is 20.9 Å². The maximum Gasteiger partial charge on any atom is 0.332 e. The number of sulfone groups is 1. The Morgan fingerprint density at radius 2 is 1.89 bits per heavy atom. The summed E-state index contributed by atoms with van der Waals surface area (Å²) in [4.78, 5) is 53.0. The Balaban J connectivity index is 1.27. The first-order valence-corrected chi connectivity index (χ1v) is 14.7. The number of thioether (sulfide) groups is 1. The normalized spacial score (nSPS) is 21.4. The third-order valence-corrected chi connectivity index (χ3v) is 9.15. The molecule has 0 radical (unpaired) electrons. The quantitative estimate of drug-likeness (QED) is 0.256. The molecule has 2 saturated heterocycles. The Hall–Kier alpha value is -2.81. The van der Waals surface area contributed by atoms with Crippen LogP contribution in [-0.2, 0) is 35.3 Å². The van der Waals surface area contributed by atoms with Crippen molar-refractivity contribution in [3.8, 4) is 0 Å². The van der Waals surface area contributed by atoms with Crippen LogP contribution in [-0.4, -0.2) is 74.9 Å². The molecule has 0 spiro atoms. The summed E-state index contributed by atoms with van der Waals surface area (Å²) in [5, 5.41) is 8.80. The summed E-state index contributed by atoms with van der Waals surface area (Å²) in [7, 11) is -0.953. The number of nitrogens with one attached hydrogen (secondary N) is 3. The molecule has 15 heteroatoms. The second kappa shape index (κ2) is 10.3. The zero-order valence-electron chi connectivity index (χ0n) is 20.4. The van der Waals surface area contributed by atoms with E-state index in [1.54, 1.807) is 0 Å². The van der Waals surface area contributed by atoms with E-state index in [9.17, 15) is 27.6 Å². The van der Waals surface area contributed by atoms with E-state index in [1.807, 2.05) is 11.8 Å². The molecule has 0 aromatic carbocycles. The summed E-state index contributed by atoms with van der Waals surface area (Å²) in [6.45, 7) is 0.479. The Morgan fingerprint density at radius 1 is 1.14 bits per heavy atom. The average Bonchev–Trinajstić information content (AvgIpc) is 3.47. The molecule has 2 aromatic heterocycles. The first-order valence-electron chi connectivity index (χ1n) is 11.8. The lowest BCUT2D eigenvalue weighted by atomic mass is 10.0. The molecule has 3 N–H and O–H groups in total. The Bertz CT molecular complexity index is 1410. The van der Waals surface area contributed by atoms with Gasteiger partial charge >= 0.3 is 11.7 Å². The van der Waals surface area contributed by atoms with Crippen molar-refractivity contribution in [2.24, 2.45) is 14.1 Å². The van der Waals surface area contributed by atoms with Crippen LogP contribution in [0.5, 0.6) is 0 Å². The van der Waals surface area contributed by atoms with E-state index >= 15 is 0 Å². The molecular formula is C21H31N7O6S2. The number of hydrogen-bond donors (Lipinski definition) is 3. The highest BCUT2D eigenvalue weighted by atomic mass is 32.2. The fourth-order valence-electron chi connectivity index (χ4n) is 4.77. The van der Waals surface area contributed by atoms with Gasteiger partial charge in [0.05, 0.1) is 12.1 Å². The van der Waals surface area contributed by atoms with Crippen LogP contribution in [0.3, 0.4) is 0 Å². The van der Waals surface area contributed by atoms with Crippen LogP contribution < -0.4 is 27.2 Å². The molecule has 0 saturated carbocycles. The molecule has 3 atom stereocenters. The fraction of sp³-hybridized carbons (Fsp3) is 0.667. The van der Waals surface area contributed by atoms with Crippen molar-refractivity contribution in [2.75, 3.05) is 18.6 Å². The number of fused-ring (bicyclic) bond motifs is 2. The molecule has 0 aliphatic carbocycles. The number of unbranched alkanes of at least 4 members (excludes halogenated alkanes) is 1. The van der Waals surface area contributed by atoms with Gasteiger partial charge in [-0.25, -0.2) is 18.0 Å².